The first-order valence-corrected chi connectivity index (χ1v) is 6.94. The second kappa shape index (κ2) is 6.60. The molecule has 0 unspecified atom stereocenters. The monoisotopic (exact) mass is 244 g/mol. The van der Waals surface area contributed by atoms with Crippen molar-refractivity contribution < 1.29 is 0 Å². The van der Waals surface area contributed by atoms with Crippen molar-refractivity contribution >= 4 is 0 Å². The van der Waals surface area contributed by atoms with Crippen molar-refractivity contribution in [3.05, 3.63) is 47.2 Å². The molecule has 98 valence electrons. The van der Waals surface area contributed by atoms with Crippen LogP contribution in [0.3, 0.4) is 0 Å². The Morgan fingerprint density at radius 2 is 2.11 bits per heavy atom. The Labute approximate surface area is 111 Å². The van der Waals surface area contributed by atoms with Gasteiger partial charge < -0.3 is 10.2 Å². The van der Waals surface area contributed by atoms with Gasteiger partial charge in [0.1, 0.15) is 0 Å². The van der Waals surface area contributed by atoms with Crippen molar-refractivity contribution in [3.63, 3.8) is 0 Å². The Morgan fingerprint density at radius 3 is 2.94 bits per heavy atom. The van der Waals surface area contributed by atoms with Crippen LogP contribution in [0.4, 0.5) is 0 Å². The van der Waals surface area contributed by atoms with Gasteiger partial charge in [-0.25, -0.2) is 0 Å². The van der Waals surface area contributed by atoms with Gasteiger partial charge in [-0.3, -0.25) is 0 Å². The number of hydrogen-bond acceptors (Lipinski definition) is 2. The summed E-state index contributed by atoms with van der Waals surface area (Å²) in [5.41, 5.74) is 4.12. The summed E-state index contributed by atoms with van der Waals surface area (Å²) in [5, 5.41) is 3.45. The molecule has 0 atom stereocenters. The van der Waals surface area contributed by atoms with E-state index in [4.69, 9.17) is 0 Å². The first-order valence-electron chi connectivity index (χ1n) is 6.94. The van der Waals surface area contributed by atoms with Gasteiger partial charge in [0.05, 0.1) is 0 Å². The van der Waals surface area contributed by atoms with Crippen LogP contribution in [0.2, 0.25) is 0 Å². The highest BCUT2D eigenvalue weighted by molar-refractivity contribution is 5.35. The third-order valence-electron chi connectivity index (χ3n) is 3.29. The molecule has 1 N–H and O–H groups in total. The van der Waals surface area contributed by atoms with E-state index < -0.39 is 0 Å². The van der Waals surface area contributed by atoms with Crippen LogP contribution in [0.25, 0.3) is 0 Å². The lowest BCUT2D eigenvalue weighted by Crippen LogP contribution is -2.26. The molecule has 0 spiro atoms. The highest BCUT2D eigenvalue weighted by atomic mass is 15.2. The Morgan fingerprint density at radius 1 is 1.22 bits per heavy atom. The number of nitrogens with zero attached hydrogens (tertiary/aromatic N) is 1. The number of nitrogens with one attached hydrogen (secondary N) is 1. The highest BCUT2D eigenvalue weighted by Crippen LogP contribution is 2.17. The molecule has 18 heavy (non-hydrogen) atoms. The summed E-state index contributed by atoms with van der Waals surface area (Å²) < 4.78 is 0. The van der Waals surface area contributed by atoms with Crippen molar-refractivity contribution in [2.75, 3.05) is 26.2 Å². The maximum absolute atomic E-state index is 3.45. The zero-order chi connectivity index (χ0) is 12.8. The van der Waals surface area contributed by atoms with E-state index in [0.717, 1.165) is 32.6 Å². The summed E-state index contributed by atoms with van der Waals surface area (Å²) in [6.45, 7) is 8.82. The van der Waals surface area contributed by atoms with Gasteiger partial charge in [0, 0.05) is 25.3 Å². The first kappa shape index (κ1) is 13.2. The first-order chi connectivity index (χ1) is 8.75. The van der Waals surface area contributed by atoms with Gasteiger partial charge in [-0.15, -0.1) is 0 Å². The van der Waals surface area contributed by atoms with Crippen molar-refractivity contribution in [1.82, 2.24) is 10.2 Å². The lowest BCUT2D eigenvalue weighted by molar-refractivity contribution is 0.379. The van der Waals surface area contributed by atoms with E-state index in [9.17, 15) is 0 Å². The maximum atomic E-state index is 3.45. The normalized spacial score (nSPS) is 20.7. The standard InChI is InChI=1S/C16H24N2/c1-14(2)13-15-5-3-6-16(8-7-15)18-11-4-9-17-10-12-18/h3,6-8,13,17H,4-5,9-12H2,1-2H3. The summed E-state index contributed by atoms with van der Waals surface area (Å²) in [6, 6.07) is 0. The molecule has 0 aromatic carbocycles. The van der Waals surface area contributed by atoms with Crippen LogP contribution in [0.1, 0.15) is 26.7 Å². The lowest BCUT2D eigenvalue weighted by Gasteiger charge is -2.22. The van der Waals surface area contributed by atoms with Gasteiger partial charge in [0.2, 0.25) is 0 Å². The molecule has 0 amide bonds. The number of rotatable bonds is 2. The predicted octanol–water partition coefficient (Wildman–Crippen LogP) is 3.02. The zero-order valence-electron chi connectivity index (χ0n) is 11.6. The third-order valence-corrected chi connectivity index (χ3v) is 3.29. The Balaban J connectivity index is 2.10. The Bertz CT molecular complexity index is 387. The van der Waals surface area contributed by atoms with Gasteiger partial charge in [-0.1, -0.05) is 23.8 Å². The average Bonchev–Trinajstić information content (AvgIpc) is 2.70. The molecule has 1 fully saturated rings. The number of hydrogen-bond donors (Lipinski definition) is 1. The van der Waals surface area contributed by atoms with E-state index in [1.165, 1.54) is 23.3 Å². The molecule has 1 aliphatic heterocycles. The van der Waals surface area contributed by atoms with E-state index in [-0.39, 0.29) is 0 Å². The van der Waals surface area contributed by atoms with Crippen molar-refractivity contribution in [2.45, 2.75) is 26.7 Å². The molecule has 0 aromatic heterocycles. The lowest BCUT2D eigenvalue weighted by atomic mass is 10.1. The van der Waals surface area contributed by atoms with Gasteiger partial charge >= 0.3 is 0 Å². The highest BCUT2D eigenvalue weighted by Gasteiger charge is 2.10. The molecule has 2 aliphatic rings. The molecule has 1 aliphatic carbocycles. The number of allylic oxidation sites excluding steroid dienone is 7. The summed E-state index contributed by atoms with van der Waals surface area (Å²) in [4.78, 5) is 2.48. The largest absolute Gasteiger partial charge is 0.370 e. The summed E-state index contributed by atoms with van der Waals surface area (Å²) in [7, 11) is 0. The molecule has 1 saturated heterocycles. The molecular weight excluding hydrogens is 220 g/mol. The third kappa shape index (κ3) is 3.88. The van der Waals surface area contributed by atoms with E-state index in [1.807, 2.05) is 0 Å². The van der Waals surface area contributed by atoms with Crippen LogP contribution in [-0.2, 0) is 0 Å². The summed E-state index contributed by atoms with van der Waals surface area (Å²) in [5.74, 6) is 0. The van der Waals surface area contributed by atoms with Gasteiger partial charge in [0.25, 0.3) is 0 Å². The van der Waals surface area contributed by atoms with Gasteiger partial charge in [-0.05, 0) is 51.0 Å². The molecular formula is C16H24N2. The van der Waals surface area contributed by atoms with E-state index >= 15 is 0 Å². The molecule has 0 radical (unpaired) electrons. The van der Waals surface area contributed by atoms with Crippen LogP contribution in [0.15, 0.2) is 47.2 Å². The minimum Gasteiger partial charge on any atom is -0.370 e. The molecule has 2 nitrogen and oxygen atoms in total. The summed E-state index contributed by atoms with van der Waals surface area (Å²) in [6.07, 6.45) is 13.6. The second-order valence-corrected chi connectivity index (χ2v) is 5.25. The van der Waals surface area contributed by atoms with Gasteiger partial charge in [0.15, 0.2) is 0 Å². The molecule has 0 bridgehead atoms. The molecule has 0 aromatic rings. The molecule has 1 heterocycles. The topological polar surface area (TPSA) is 15.3 Å². The van der Waals surface area contributed by atoms with E-state index in [1.54, 1.807) is 0 Å². The SMILES string of the molecule is CC(C)=CC1=CC=C(N2CCCNCC2)C=CC1. The predicted molar refractivity (Wildman–Crippen MR) is 78.4 cm³/mol. The zero-order valence-corrected chi connectivity index (χ0v) is 11.6. The average molecular weight is 244 g/mol. The van der Waals surface area contributed by atoms with Crippen molar-refractivity contribution in [2.24, 2.45) is 0 Å². The minimum absolute atomic E-state index is 1.04. The smallest absolute Gasteiger partial charge is 0.0363 e. The second-order valence-electron chi connectivity index (χ2n) is 5.25. The summed E-state index contributed by atoms with van der Waals surface area (Å²) >= 11 is 0. The van der Waals surface area contributed by atoms with E-state index in [0.29, 0.717) is 0 Å². The van der Waals surface area contributed by atoms with Crippen molar-refractivity contribution in [1.29, 1.82) is 0 Å². The van der Waals surface area contributed by atoms with E-state index in [2.05, 4.69) is 54.4 Å². The van der Waals surface area contributed by atoms with Crippen LogP contribution >= 0.6 is 0 Å². The molecule has 2 rings (SSSR count). The fourth-order valence-electron chi connectivity index (χ4n) is 2.42. The maximum Gasteiger partial charge on any atom is 0.0363 e. The Hall–Kier alpha value is -1.28. The molecule has 2 heteroatoms. The fourth-order valence-corrected chi connectivity index (χ4v) is 2.42. The fraction of sp³-hybridized carbons (Fsp3) is 0.500. The van der Waals surface area contributed by atoms with Crippen molar-refractivity contribution in [3.8, 4) is 0 Å². The molecule has 0 saturated carbocycles. The van der Waals surface area contributed by atoms with Crippen LogP contribution in [-0.4, -0.2) is 31.1 Å². The van der Waals surface area contributed by atoms with Crippen LogP contribution < -0.4 is 5.32 Å². The minimum atomic E-state index is 1.04. The van der Waals surface area contributed by atoms with Crippen LogP contribution in [0.5, 0.6) is 0 Å². The van der Waals surface area contributed by atoms with Gasteiger partial charge in [-0.2, -0.15) is 0 Å². The quantitative estimate of drug-likeness (QED) is 0.803. The Kier molecular flexibility index (Phi) is 4.82. The van der Waals surface area contributed by atoms with Crippen LogP contribution in [0, 0.1) is 0 Å².